The fraction of sp³-hybridized carbons (Fsp3) is 0.611. The van der Waals surface area contributed by atoms with Gasteiger partial charge < -0.3 is 4.90 Å². The highest BCUT2D eigenvalue weighted by molar-refractivity contribution is 9.10. The van der Waals surface area contributed by atoms with Gasteiger partial charge in [0.2, 0.25) is 5.91 Å². The molecule has 1 aromatic carbocycles. The first-order valence-corrected chi connectivity index (χ1v) is 9.06. The van der Waals surface area contributed by atoms with E-state index < -0.39 is 0 Å². The molecule has 1 amide bonds. The molecule has 2 unspecified atom stereocenters. The highest BCUT2D eigenvalue weighted by Crippen LogP contribution is 2.49. The molecule has 0 bridgehead atoms. The third-order valence-electron chi connectivity index (χ3n) is 5.05. The predicted octanol–water partition coefficient (Wildman–Crippen LogP) is 4.73. The Balaban J connectivity index is 1.64. The molecule has 2 fully saturated rings. The van der Waals surface area contributed by atoms with Gasteiger partial charge >= 0.3 is 0 Å². The number of carbonyl (C=O) groups excluding carboxylic acids is 1. The summed E-state index contributed by atoms with van der Waals surface area (Å²) in [6.07, 6.45) is 7.35. The van der Waals surface area contributed by atoms with Crippen LogP contribution in [0.1, 0.15) is 56.9 Å². The van der Waals surface area contributed by atoms with Crippen LogP contribution < -0.4 is 0 Å². The quantitative estimate of drug-likeness (QED) is 0.769. The minimum atomic E-state index is 0.230. The zero-order chi connectivity index (χ0) is 14.8. The summed E-state index contributed by atoms with van der Waals surface area (Å²) < 4.78 is 1.10. The van der Waals surface area contributed by atoms with E-state index in [0.717, 1.165) is 17.4 Å². The lowest BCUT2D eigenvalue weighted by Gasteiger charge is -2.34. The fourth-order valence-electron chi connectivity index (χ4n) is 3.75. The molecule has 3 rings (SSSR count). The van der Waals surface area contributed by atoms with Crippen LogP contribution in [0.2, 0.25) is 0 Å². The topological polar surface area (TPSA) is 20.3 Å². The van der Waals surface area contributed by atoms with E-state index in [1.54, 1.807) is 0 Å². The van der Waals surface area contributed by atoms with Gasteiger partial charge in [-0.2, -0.15) is 0 Å². The van der Waals surface area contributed by atoms with Gasteiger partial charge in [0, 0.05) is 23.0 Å². The van der Waals surface area contributed by atoms with Gasteiger partial charge in [-0.25, -0.2) is 0 Å². The number of carbonyl (C=O) groups is 1. The van der Waals surface area contributed by atoms with Crippen molar-refractivity contribution in [1.29, 1.82) is 0 Å². The van der Waals surface area contributed by atoms with E-state index in [-0.39, 0.29) is 5.92 Å². The van der Waals surface area contributed by atoms with Gasteiger partial charge in [0.05, 0.1) is 0 Å². The maximum absolute atomic E-state index is 12.8. The Morgan fingerprint density at radius 2 is 1.86 bits per heavy atom. The Morgan fingerprint density at radius 1 is 1.19 bits per heavy atom. The van der Waals surface area contributed by atoms with Crippen LogP contribution in [0.4, 0.5) is 0 Å². The molecule has 2 nitrogen and oxygen atoms in total. The van der Waals surface area contributed by atoms with Crippen LogP contribution in [0.15, 0.2) is 28.7 Å². The predicted molar refractivity (Wildman–Crippen MR) is 89.3 cm³/mol. The number of hydrogen-bond acceptors (Lipinski definition) is 1. The first kappa shape index (κ1) is 15.1. The molecule has 2 atom stereocenters. The number of benzene rings is 1. The van der Waals surface area contributed by atoms with Crippen molar-refractivity contribution in [2.75, 3.05) is 6.54 Å². The summed E-state index contributed by atoms with van der Waals surface area (Å²) in [5.41, 5.74) is 1.32. The van der Waals surface area contributed by atoms with Crippen molar-refractivity contribution in [3.05, 3.63) is 34.3 Å². The van der Waals surface area contributed by atoms with Gasteiger partial charge in [-0.1, -0.05) is 47.3 Å². The highest BCUT2D eigenvalue weighted by Gasteiger charge is 2.46. The van der Waals surface area contributed by atoms with Crippen molar-refractivity contribution in [3.8, 4) is 0 Å². The summed E-state index contributed by atoms with van der Waals surface area (Å²) in [7, 11) is 0. The van der Waals surface area contributed by atoms with E-state index in [1.165, 1.54) is 37.7 Å². The largest absolute Gasteiger partial charge is 0.340 e. The molecule has 2 saturated carbocycles. The van der Waals surface area contributed by atoms with Crippen LogP contribution >= 0.6 is 15.9 Å². The monoisotopic (exact) mass is 349 g/mol. The van der Waals surface area contributed by atoms with Gasteiger partial charge in [-0.05, 0) is 49.8 Å². The molecule has 0 spiro atoms. The highest BCUT2D eigenvalue weighted by atomic mass is 79.9. The average molecular weight is 350 g/mol. The number of rotatable bonds is 4. The lowest BCUT2D eigenvalue weighted by atomic mass is 9.93. The van der Waals surface area contributed by atoms with E-state index in [4.69, 9.17) is 0 Å². The summed E-state index contributed by atoms with van der Waals surface area (Å²) >= 11 is 3.47. The molecule has 0 aliphatic heterocycles. The van der Waals surface area contributed by atoms with Crippen molar-refractivity contribution in [1.82, 2.24) is 4.90 Å². The number of hydrogen-bond donors (Lipinski definition) is 0. The minimum absolute atomic E-state index is 0.230. The van der Waals surface area contributed by atoms with Crippen LogP contribution in [0.25, 0.3) is 0 Å². The summed E-state index contributed by atoms with van der Waals surface area (Å²) in [6, 6.07) is 8.96. The van der Waals surface area contributed by atoms with Crippen LogP contribution in [0.5, 0.6) is 0 Å². The lowest BCUT2D eigenvalue weighted by Crippen LogP contribution is -2.42. The molecular weight excluding hydrogens is 326 g/mol. The molecule has 0 aromatic heterocycles. The minimum Gasteiger partial charge on any atom is -0.340 e. The number of amides is 1. The second kappa shape index (κ2) is 6.51. The summed E-state index contributed by atoms with van der Waals surface area (Å²) in [6.45, 7) is 3.00. The van der Waals surface area contributed by atoms with Crippen molar-refractivity contribution in [3.63, 3.8) is 0 Å². The maximum atomic E-state index is 12.8. The molecular formula is C18H24BrNO. The Kier molecular flexibility index (Phi) is 4.68. The van der Waals surface area contributed by atoms with Crippen LogP contribution in [-0.2, 0) is 4.79 Å². The standard InChI is InChI=1S/C18H24BrNO/c1-2-20(15-6-4-3-5-7-15)18(21)17-12-16(17)13-8-10-14(19)11-9-13/h8-11,15-17H,2-7,12H2,1H3. The van der Waals surface area contributed by atoms with Crippen molar-refractivity contribution >= 4 is 21.8 Å². The molecule has 0 heterocycles. The lowest BCUT2D eigenvalue weighted by molar-refractivity contribution is -0.135. The molecule has 3 heteroatoms. The van der Waals surface area contributed by atoms with Crippen molar-refractivity contribution in [2.45, 2.75) is 57.4 Å². The molecule has 0 N–H and O–H groups in total. The smallest absolute Gasteiger partial charge is 0.226 e. The maximum Gasteiger partial charge on any atom is 0.226 e. The Hall–Kier alpha value is -0.830. The van der Waals surface area contributed by atoms with Gasteiger partial charge in [-0.3, -0.25) is 4.79 Å². The molecule has 0 radical (unpaired) electrons. The molecule has 1 aromatic rings. The van der Waals surface area contributed by atoms with E-state index >= 15 is 0 Å². The van der Waals surface area contributed by atoms with Gasteiger partial charge in [0.25, 0.3) is 0 Å². The van der Waals surface area contributed by atoms with E-state index in [1.807, 2.05) is 0 Å². The van der Waals surface area contributed by atoms with Gasteiger partial charge in [0.1, 0.15) is 0 Å². The first-order chi connectivity index (χ1) is 10.2. The Morgan fingerprint density at radius 3 is 2.48 bits per heavy atom. The third kappa shape index (κ3) is 3.33. The van der Waals surface area contributed by atoms with E-state index in [2.05, 4.69) is 52.0 Å². The second-order valence-corrected chi connectivity index (χ2v) is 7.33. The summed E-state index contributed by atoms with van der Waals surface area (Å²) in [5.74, 6) is 1.08. The first-order valence-electron chi connectivity index (χ1n) is 8.26. The Labute approximate surface area is 136 Å². The van der Waals surface area contributed by atoms with Crippen molar-refractivity contribution < 1.29 is 4.79 Å². The molecule has 2 aliphatic carbocycles. The molecule has 0 saturated heterocycles. The SMILES string of the molecule is CCN(C(=O)C1CC1c1ccc(Br)cc1)C1CCCCC1. The Bertz CT molecular complexity index is 492. The number of halogens is 1. The van der Waals surface area contributed by atoms with Gasteiger partial charge in [0.15, 0.2) is 0 Å². The molecule has 114 valence electrons. The number of nitrogens with zero attached hydrogens (tertiary/aromatic N) is 1. The van der Waals surface area contributed by atoms with Crippen LogP contribution in [0.3, 0.4) is 0 Å². The average Bonchev–Trinajstić information content (AvgIpc) is 3.30. The van der Waals surface area contributed by atoms with Gasteiger partial charge in [-0.15, -0.1) is 0 Å². The zero-order valence-corrected chi connectivity index (χ0v) is 14.3. The van der Waals surface area contributed by atoms with Crippen molar-refractivity contribution in [2.24, 2.45) is 5.92 Å². The third-order valence-corrected chi connectivity index (χ3v) is 5.57. The summed E-state index contributed by atoms with van der Waals surface area (Å²) in [4.78, 5) is 15.0. The molecule has 2 aliphatic rings. The fourth-order valence-corrected chi connectivity index (χ4v) is 4.01. The second-order valence-electron chi connectivity index (χ2n) is 6.42. The zero-order valence-electron chi connectivity index (χ0n) is 12.7. The van der Waals surface area contributed by atoms with E-state index in [0.29, 0.717) is 17.9 Å². The molecule has 21 heavy (non-hydrogen) atoms. The normalized spacial score (nSPS) is 25.6. The summed E-state index contributed by atoms with van der Waals surface area (Å²) in [5, 5.41) is 0. The van der Waals surface area contributed by atoms with Crippen LogP contribution in [-0.4, -0.2) is 23.4 Å². The van der Waals surface area contributed by atoms with E-state index in [9.17, 15) is 4.79 Å². The van der Waals surface area contributed by atoms with Crippen LogP contribution in [0, 0.1) is 5.92 Å².